The third-order valence-electron chi connectivity index (χ3n) is 6.79. The van der Waals surface area contributed by atoms with Gasteiger partial charge in [0.1, 0.15) is 5.82 Å². The van der Waals surface area contributed by atoms with Crippen molar-refractivity contribution in [2.24, 2.45) is 0 Å². The van der Waals surface area contributed by atoms with Crippen molar-refractivity contribution in [2.75, 3.05) is 57.0 Å². The number of benzene rings is 3. The fourth-order valence-corrected chi connectivity index (χ4v) is 4.53. The number of amides is 2. The lowest BCUT2D eigenvalue weighted by Crippen LogP contribution is -2.49. The zero-order chi connectivity index (χ0) is 26.5. The molecule has 1 aliphatic rings. The van der Waals surface area contributed by atoms with E-state index in [-0.39, 0.29) is 11.8 Å². The summed E-state index contributed by atoms with van der Waals surface area (Å²) in [6.07, 6.45) is 2.17. The summed E-state index contributed by atoms with van der Waals surface area (Å²) in [6.45, 7) is 3.68. The van der Waals surface area contributed by atoms with Crippen LogP contribution in [0.5, 0.6) is 0 Å². The van der Waals surface area contributed by atoms with Crippen molar-refractivity contribution in [1.82, 2.24) is 19.8 Å². The number of piperazine rings is 1. The van der Waals surface area contributed by atoms with Gasteiger partial charge in [-0.1, -0.05) is 48.5 Å². The summed E-state index contributed by atoms with van der Waals surface area (Å²) >= 11 is 0. The molecule has 0 bridgehead atoms. The van der Waals surface area contributed by atoms with Gasteiger partial charge in [0.25, 0.3) is 0 Å². The molecule has 1 aromatic heterocycles. The lowest BCUT2D eigenvalue weighted by atomic mass is 10.0. The number of rotatable bonds is 7. The SMILES string of the molecule is CN(C)C(=O)CN1CCN(c2cnc3ccc(-c4ccc(NC(=O)Cc5ccccc5)cc4)cc3n2)CC1. The van der Waals surface area contributed by atoms with E-state index in [0.717, 1.165) is 65.4 Å². The number of anilines is 2. The zero-order valence-corrected chi connectivity index (χ0v) is 21.8. The van der Waals surface area contributed by atoms with E-state index in [9.17, 15) is 9.59 Å². The molecule has 38 heavy (non-hydrogen) atoms. The van der Waals surface area contributed by atoms with E-state index in [1.54, 1.807) is 19.0 Å². The third kappa shape index (κ3) is 6.15. The second-order valence-corrected chi connectivity index (χ2v) is 9.77. The number of fused-ring (bicyclic) bond motifs is 1. The molecule has 0 radical (unpaired) electrons. The molecule has 1 fully saturated rings. The van der Waals surface area contributed by atoms with Crippen LogP contribution in [-0.2, 0) is 16.0 Å². The topological polar surface area (TPSA) is 81.7 Å². The Morgan fingerprint density at radius 1 is 0.868 bits per heavy atom. The number of nitrogens with zero attached hydrogens (tertiary/aromatic N) is 5. The molecule has 4 aromatic rings. The van der Waals surface area contributed by atoms with Crippen molar-refractivity contribution < 1.29 is 9.59 Å². The number of hydrogen-bond donors (Lipinski definition) is 1. The minimum atomic E-state index is -0.0393. The van der Waals surface area contributed by atoms with E-state index in [1.165, 1.54) is 0 Å². The first kappa shape index (κ1) is 25.4. The Morgan fingerprint density at radius 2 is 1.58 bits per heavy atom. The second kappa shape index (κ2) is 11.4. The maximum absolute atomic E-state index is 12.4. The number of aromatic nitrogens is 2. The van der Waals surface area contributed by atoms with Crippen molar-refractivity contribution in [3.05, 3.63) is 84.6 Å². The lowest BCUT2D eigenvalue weighted by molar-refractivity contribution is -0.130. The molecule has 8 nitrogen and oxygen atoms in total. The van der Waals surface area contributed by atoms with E-state index >= 15 is 0 Å². The van der Waals surface area contributed by atoms with Gasteiger partial charge in [-0.25, -0.2) is 4.98 Å². The van der Waals surface area contributed by atoms with Crippen LogP contribution >= 0.6 is 0 Å². The molecular weight excluding hydrogens is 476 g/mol. The predicted molar refractivity (Wildman–Crippen MR) is 151 cm³/mol. The predicted octanol–water partition coefficient (Wildman–Crippen LogP) is 3.69. The number of likely N-dealkylation sites (N-methyl/N-ethyl adjacent to an activating group) is 1. The molecule has 0 saturated carbocycles. The number of nitrogens with one attached hydrogen (secondary N) is 1. The number of carbonyl (C=O) groups excluding carboxylic acids is 2. The fourth-order valence-electron chi connectivity index (χ4n) is 4.53. The highest BCUT2D eigenvalue weighted by atomic mass is 16.2. The average molecular weight is 509 g/mol. The molecule has 194 valence electrons. The van der Waals surface area contributed by atoms with E-state index in [1.807, 2.05) is 72.9 Å². The van der Waals surface area contributed by atoms with Crippen molar-refractivity contribution in [2.45, 2.75) is 6.42 Å². The molecule has 0 unspecified atom stereocenters. The number of hydrogen-bond acceptors (Lipinski definition) is 6. The number of carbonyl (C=O) groups is 2. The van der Waals surface area contributed by atoms with Crippen molar-refractivity contribution in [3.8, 4) is 11.1 Å². The van der Waals surface area contributed by atoms with Gasteiger partial charge in [0.15, 0.2) is 0 Å². The molecule has 1 saturated heterocycles. The summed E-state index contributed by atoms with van der Waals surface area (Å²) in [7, 11) is 3.58. The van der Waals surface area contributed by atoms with Gasteiger partial charge in [0.05, 0.1) is 30.2 Å². The molecule has 8 heteroatoms. The van der Waals surface area contributed by atoms with E-state index in [2.05, 4.69) is 26.2 Å². The third-order valence-corrected chi connectivity index (χ3v) is 6.79. The van der Waals surface area contributed by atoms with Gasteiger partial charge in [-0.15, -0.1) is 0 Å². The molecule has 1 aliphatic heterocycles. The van der Waals surface area contributed by atoms with E-state index in [4.69, 9.17) is 4.98 Å². The largest absolute Gasteiger partial charge is 0.353 e. The van der Waals surface area contributed by atoms with E-state index < -0.39 is 0 Å². The summed E-state index contributed by atoms with van der Waals surface area (Å²) in [6, 6.07) is 23.7. The van der Waals surface area contributed by atoms with Crippen LogP contribution in [-0.4, -0.2) is 78.4 Å². The molecule has 0 spiro atoms. The highest BCUT2D eigenvalue weighted by molar-refractivity contribution is 5.92. The van der Waals surface area contributed by atoms with Gasteiger partial charge in [0, 0.05) is 46.0 Å². The minimum Gasteiger partial charge on any atom is -0.353 e. The Labute approximate surface area is 222 Å². The standard InChI is InChI=1S/C30H32N6O2/c1-34(2)30(38)21-35-14-16-36(17-15-35)28-20-31-26-13-10-24(19-27(26)33-28)23-8-11-25(12-9-23)32-29(37)18-22-6-4-3-5-7-22/h3-13,19-20H,14-18,21H2,1-2H3,(H,32,37). The van der Waals surface area contributed by atoms with Gasteiger partial charge in [-0.2, -0.15) is 0 Å². The van der Waals surface area contributed by atoms with Crippen LogP contribution in [0.1, 0.15) is 5.56 Å². The Kier molecular flexibility index (Phi) is 7.60. The monoisotopic (exact) mass is 508 g/mol. The normalized spacial score (nSPS) is 13.9. The quantitative estimate of drug-likeness (QED) is 0.410. The van der Waals surface area contributed by atoms with Gasteiger partial charge in [-0.3, -0.25) is 19.5 Å². The van der Waals surface area contributed by atoms with Gasteiger partial charge in [0.2, 0.25) is 11.8 Å². The first-order valence-electron chi connectivity index (χ1n) is 12.8. The van der Waals surface area contributed by atoms with E-state index in [0.29, 0.717) is 13.0 Å². The average Bonchev–Trinajstić information content (AvgIpc) is 2.93. The lowest BCUT2D eigenvalue weighted by Gasteiger charge is -2.35. The van der Waals surface area contributed by atoms with Crippen LogP contribution in [0, 0.1) is 0 Å². The van der Waals surface area contributed by atoms with Gasteiger partial charge in [-0.05, 0) is 41.0 Å². The smallest absolute Gasteiger partial charge is 0.236 e. The first-order valence-corrected chi connectivity index (χ1v) is 12.8. The molecule has 5 rings (SSSR count). The van der Waals surface area contributed by atoms with Crippen LogP contribution in [0.3, 0.4) is 0 Å². The van der Waals surface area contributed by atoms with Crippen LogP contribution in [0.2, 0.25) is 0 Å². The van der Waals surface area contributed by atoms with Crippen LogP contribution < -0.4 is 10.2 Å². The van der Waals surface area contributed by atoms with Crippen LogP contribution in [0.4, 0.5) is 11.5 Å². The van der Waals surface area contributed by atoms with Crippen LogP contribution in [0.15, 0.2) is 79.0 Å². The summed E-state index contributed by atoms with van der Waals surface area (Å²) in [4.78, 5) is 40.0. The van der Waals surface area contributed by atoms with Gasteiger partial charge >= 0.3 is 0 Å². The Bertz CT molecular complexity index is 1410. The Hall–Kier alpha value is -4.30. The second-order valence-electron chi connectivity index (χ2n) is 9.77. The summed E-state index contributed by atoms with van der Waals surface area (Å²) in [5, 5.41) is 2.97. The maximum Gasteiger partial charge on any atom is 0.236 e. The highest BCUT2D eigenvalue weighted by Gasteiger charge is 2.21. The Balaban J connectivity index is 1.24. The van der Waals surface area contributed by atoms with Crippen LogP contribution in [0.25, 0.3) is 22.2 Å². The molecule has 2 heterocycles. The molecule has 2 amide bonds. The Morgan fingerprint density at radius 3 is 2.29 bits per heavy atom. The van der Waals surface area contributed by atoms with Crippen molar-refractivity contribution >= 4 is 34.4 Å². The van der Waals surface area contributed by atoms with Crippen molar-refractivity contribution in [1.29, 1.82) is 0 Å². The minimum absolute atomic E-state index is 0.0393. The van der Waals surface area contributed by atoms with Gasteiger partial charge < -0.3 is 15.1 Å². The summed E-state index contributed by atoms with van der Waals surface area (Å²) in [5.41, 5.74) is 5.52. The molecule has 0 atom stereocenters. The fraction of sp³-hybridized carbons (Fsp3) is 0.267. The first-order chi connectivity index (χ1) is 18.4. The summed E-state index contributed by atoms with van der Waals surface area (Å²) in [5.74, 6) is 0.936. The zero-order valence-electron chi connectivity index (χ0n) is 21.8. The maximum atomic E-state index is 12.4. The highest BCUT2D eigenvalue weighted by Crippen LogP contribution is 2.26. The molecular formula is C30H32N6O2. The van der Waals surface area contributed by atoms with Crippen molar-refractivity contribution in [3.63, 3.8) is 0 Å². The summed E-state index contributed by atoms with van der Waals surface area (Å²) < 4.78 is 0. The molecule has 0 aliphatic carbocycles. The molecule has 3 aromatic carbocycles. The molecule has 1 N–H and O–H groups in total.